The molecule has 20 heavy (non-hydrogen) atoms. The molecular formula is C15H20N2O3. The molecule has 2 rings (SSSR count). The number of H-pyrrole nitrogens is 1. The van der Waals surface area contributed by atoms with Crippen molar-refractivity contribution >= 4 is 10.9 Å². The average Bonchev–Trinajstić information content (AvgIpc) is 2.34. The van der Waals surface area contributed by atoms with Crippen molar-refractivity contribution in [1.82, 2.24) is 9.97 Å². The lowest BCUT2D eigenvalue weighted by Crippen LogP contribution is -2.17. The number of nitrogens with zero attached hydrogens (tertiary/aromatic N) is 1. The molecule has 0 aliphatic rings. The monoisotopic (exact) mass is 276 g/mol. The second-order valence-corrected chi connectivity index (χ2v) is 6.02. The molecule has 0 aliphatic heterocycles. The van der Waals surface area contributed by atoms with Gasteiger partial charge in [0.15, 0.2) is 11.5 Å². The molecule has 0 aliphatic carbocycles. The van der Waals surface area contributed by atoms with Gasteiger partial charge in [-0.3, -0.25) is 4.79 Å². The second kappa shape index (κ2) is 5.15. The Bertz CT molecular complexity index is 684. The number of fused-ring (bicyclic) bond motifs is 1. The van der Waals surface area contributed by atoms with Gasteiger partial charge in [-0.1, -0.05) is 20.8 Å². The summed E-state index contributed by atoms with van der Waals surface area (Å²) < 4.78 is 11.1. The van der Waals surface area contributed by atoms with Crippen LogP contribution in [0.1, 0.15) is 26.6 Å². The summed E-state index contributed by atoms with van der Waals surface area (Å²) in [6, 6.07) is 3.42. The lowest BCUT2D eigenvalue weighted by Gasteiger charge is -2.20. The van der Waals surface area contributed by atoms with Crippen molar-refractivity contribution in [3.63, 3.8) is 0 Å². The number of hydrogen-bond donors (Lipinski definition) is 1. The first kappa shape index (κ1) is 14.4. The minimum absolute atomic E-state index is 0.0392. The zero-order valence-electron chi connectivity index (χ0n) is 12.5. The van der Waals surface area contributed by atoms with Crippen molar-refractivity contribution in [3.05, 3.63) is 28.3 Å². The molecule has 5 heteroatoms. The molecule has 0 saturated heterocycles. The van der Waals surface area contributed by atoms with Crippen molar-refractivity contribution in [1.29, 1.82) is 0 Å². The Morgan fingerprint density at radius 1 is 1.25 bits per heavy atom. The molecule has 2 aromatic rings. The van der Waals surface area contributed by atoms with E-state index in [9.17, 15) is 4.79 Å². The summed E-state index contributed by atoms with van der Waals surface area (Å²) in [5, 5.41) is 0.496. The summed E-state index contributed by atoms with van der Waals surface area (Å²) in [4.78, 5) is 18.9. The van der Waals surface area contributed by atoms with E-state index in [1.165, 1.54) is 0 Å². The maximum absolute atomic E-state index is 11.9. The standard InChI is InChI=1S/C15H20N2O3/c1-9-16-11-7-13(20-8-15(2,3)4)12(19-5)6-10(11)14(18)17-9/h6-7H,8H2,1-5H3,(H,16,17,18). The Balaban J connectivity index is 2.51. The van der Waals surface area contributed by atoms with Crippen molar-refractivity contribution in [2.75, 3.05) is 13.7 Å². The largest absolute Gasteiger partial charge is 0.493 e. The van der Waals surface area contributed by atoms with Crippen LogP contribution in [0.2, 0.25) is 0 Å². The van der Waals surface area contributed by atoms with E-state index < -0.39 is 0 Å². The summed E-state index contributed by atoms with van der Waals surface area (Å²) in [6.07, 6.45) is 0. The van der Waals surface area contributed by atoms with Crippen LogP contribution < -0.4 is 15.0 Å². The highest BCUT2D eigenvalue weighted by molar-refractivity contribution is 5.81. The number of benzene rings is 1. The lowest BCUT2D eigenvalue weighted by atomic mass is 9.99. The van der Waals surface area contributed by atoms with Gasteiger partial charge in [0, 0.05) is 6.07 Å². The molecule has 0 radical (unpaired) electrons. The van der Waals surface area contributed by atoms with Crippen molar-refractivity contribution < 1.29 is 9.47 Å². The van der Waals surface area contributed by atoms with Crippen LogP contribution >= 0.6 is 0 Å². The van der Waals surface area contributed by atoms with Gasteiger partial charge in [0.05, 0.1) is 24.6 Å². The van der Waals surface area contributed by atoms with Gasteiger partial charge in [-0.05, 0) is 18.4 Å². The van der Waals surface area contributed by atoms with E-state index in [1.807, 2.05) is 0 Å². The normalized spacial score (nSPS) is 11.7. The van der Waals surface area contributed by atoms with Gasteiger partial charge in [-0.15, -0.1) is 0 Å². The van der Waals surface area contributed by atoms with Gasteiger partial charge >= 0.3 is 0 Å². The number of aryl methyl sites for hydroxylation is 1. The fourth-order valence-corrected chi connectivity index (χ4v) is 1.83. The number of ether oxygens (including phenoxy) is 2. The van der Waals surface area contributed by atoms with Crippen LogP contribution in [0.15, 0.2) is 16.9 Å². The highest BCUT2D eigenvalue weighted by atomic mass is 16.5. The molecule has 1 N–H and O–H groups in total. The van der Waals surface area contributed by atoms with Gasteiger partial charge < -0.3 is 14.5 Å². The van der Waals surface area contributed by atoms with Crippen LogP contribution in [0, 0.1) is 12.3 Å². The summed E-state index contributed by atoms with van der Waals surface area (Å²) in [6.45, 7) is 8.58. The van der Waals surface area contributed by atoms with E-state index in [2.05, 4.69) is 30.7 Å². The number of nitrogens with one attached hydrogen (secondary N) is 1. The molecule has 1 aromatic heterocycles. The molecular weight excluding hydrogens is 256 g/mol. The fraction of sp³-hybridized carbons (Fsp3) is 0.467. The summed E-state index contributed by atoms with van der Waals surface area (Å²) >= 11 is 0. The number of aromatic nitrogens is 2. The first-order valence-corrected chi connectivity index (χ1v) is 6.51. The van der Waals surface area contributed by atoms with Gasteiger partial charge in [0.25, 0.3) is 5.56 Å². The summed E-state index contributed by atoms with van der Waals surface area (Å²) in [5.74, 6) is 1.72. The van der Waals surface area contributed by atoms with Crippen LogP contribution in [0.25, 0.3) is 10.9 Å². The number of aromatic amines is 1. The minimum Gasteiger partial charge on any atom is -0.493 e. The quantitative estimate of drug-likeness (QED) is 0.936. The van der Waals surface area contributed by atoms with Gasteiger partial charge in [0.1, 0.15) is 5.82 Å². The highest BCUT2D eigenvalue weighted by Crippen LogP contribution is 2.31. The van der Waals surface area contributed by atoms with Crippen LogP contribution in [0.3, 0.4) is 0 Å². The maximum Gasteiger partial charge on any atom is 0.258 e. The van der Waals surface area contributed by atoms with Crippen molar-refractivity contribution in [3.8, 4) is 11.5 Å². The van der Waals surface area contributed by atoms with Gasteiger partial charge in [-0.25, -0.2) is 4.98 Å². The molecule has 0 saturated carbocycles. The van der Waals surface area contributed by atoms with E-state index in [1.54, 1.807) is 26.2 Å². The smallest absolute Gasteiger partial charge is 0.258 e. The molecule has 0 bridgehead atoms. The fourth-order valence-electron chi connectivity index (χ4n) is 1.83. The van der Waals surface area contributed by atoms with E-state index >= 15 is 0 Å². The SMILES string of the molecule is COc1cc2c(=O)[nH]c(C)nc2cc1OCC(C)(C)C. The molecule has 0 spiro atoms. The maximum atomic E-state index is 11.9. The molecule has 108 valence electrons. The summed E-state index contributed by atoms with van der Waals surface area (Å²) in [7, 11) is 1.56. The van der Waals surface area contributed by atoms with Crippen LogP contribution in [0.4, 0.5) is 0 Å². The third kappa shape index (κ3) is 3.10. The zero-order valence-corrected chi connectivity index (χ0v) is 12.5. The molecule has 0 unspecified atom stereocenters. The zero-order chi connectivity index (χ0) is 14.9. The molecule has 0 fully saturated rings. The number of rotatable bonds is 3. The van der Waals surface area contributed by atoms with E-state index in [4.69, 9.17) is 9.47 Å². The second-order valence-electron chi connectivity index (χ2n) is 6.02. The van der Waals surface area contributed by atoms with Crippen LogP contribution in [-0.4, -0.2) is 23.7 Å². The number of methoxy groups -OCH3 is 1. The Morgan fingerprint density at radius 2 is 1.95 bits per heavy atom. The van der Waals surface area contributed by atoms with E-state index in [0.717, 1.165) is 0 Å². The lowest BCUT2D eigenvalue weighted by molar-refractivity contribution is 0.191. The van der Waals surface area contributed by atoms with E-state index in [0.29, 0.717) is 34.8 Å². The predicted octanol–water partition coefficient (Wildman–Crippen LogP) is 2.67. The third-order valence-electron chi connectivity index (χ3n) is 2.77. The number of hydrogen-bond acceptors (Lipinski definition) is 4. The Kier molecular flexibility index (Phi) is 3.70. The predicted molar refractivity (Wildman–Crippen MR) is 78.6 cm³/mol. The summed E-state index contributed by atoms with van der Waals surface area (Å²) in [5.41, 5.74) is 0.474. The average molecular weight is 276 g/mol. The Morgan fingerprint density at radius 3 is 2.55 bits per heavy atom. The Hall–Kier alpha value is -2.04. The Labute approximate surface area is 117 Å². The van der Waals surface area contributed by atoms with Gasteiger partial charge in [-0.2, -0.15) is 0 Å². The molecule has 0 atom stereocenters. The molecule has 0 amide bonds. The first-order chi connectivity index (χ1) is 9.30. The topological polar surface area (TPSA) is 64.2 Å². The first-order valence-electron chi connectivity index (χ1n) is 6.51. The van der Waals surface area contributed by atoms with Crippen LogP contribution in [-0.2, 0) is 0 Å². The minimum atomic E-state index is -0.173. The van der Waals surface area contributed by atoms with Gasteiger partial charge in [0.2, 0.25) is 0 Å². The van der Waals surface area contributed by atoms with E-state index in [-0.39, 0.29) is 11.0 Å². The third-order valence-corrected chi connectivity index (χ3v) is 2.77. The van der Waals surface area contributed by atoms with Crippen molar-refractivity contribution in [2.45, 2.75) is 27.7 Å². The highest BCUT2D eigenvalue weighted by Gasteiger charge is 2.15. The molecule has 1 heterocycles. The van der Waals surface area contributed by atoms with Crippen molar-refractivity contribution in [2.24, 2.45) is 5.41 Å². The van der Waals surface area contributed by atoms with Crippen LogP contribution in [0.5, 0.6) is 11.5 Å². The molecule has 5 nitrogen and oxygen atoms in total. The molecule has 1 aromatic carbocycles.